The zero-order valence-electron chi connectivity index (χ0n) is 12.2. The average molecular weight is 280 g/mol. The lowest BCUT2D eigenvalue weighted by atomic mass is 9.88. The van der Waals surface area contributed by atoms with Gasteiger partial charge < -0.3 is 5.32 Å². The molecule has 1 fully saturated rings. The van der Waals surface area contributed by atoms with Gasteiger partial charge in [0, 0.05) is 17.6 Å². The van der Waals surface area contributed by atoms with Gasteiger partial charge in [-0.2, -0.15) is 0 Å². The molecule has 2 heteroatoms. The van der Waals surface area contributed by atoms with Gasteiger partial charge in [0.1, 0.15) is 0 Å². The van der Waals surface area contributed by atoms with E-state index >= 15 is 0 Å². The van der Waals surface area contributed by atoms with Gasteiger partial charge in [-0.05, 0) is 42.4 Å². The molecular formula is C17H26ClN. The first-order valence-electron chi connectivity index (χ1n) is 7.62. The van der Waals surface area contributed by atoms with Crippen LogP contribution in [0.5, 0.6) is 0 Å². The van der Waals surface area contributed by atoms with Crippen molar-refractivity contribution in [2.75, 3.05) is 6.54 Å². The lowest BCUT2D eigenvalue weighted by Gasteiger charge is -2.28. The quantitative estimate of drug-likeness (QED) is 0.740. The minimum Gasteiger partial charge on any atom is -0.309 e. The molecule has 0 aromatic heterocycles. The summed E-state index contributed by atoms with van der Waals surface area (Å²) in [5, 5.41) is 4.62. The summed E-state index contributed by atoms with van der Waals surface area (Å²) in [6.07, 6.45) is 7.95. The Labute approximate surface area is 122 Å². The molecule has 19 heavy (non-hydrogen) atoms. The summed E-state index contributed by atoms with van der Waals surface area (Å²) in [4.78, 5) is 0. The molecule has 106 valence electrons. The van der Waals surface area contributed by atoms with Gasteiger partial charge in [-0.3, -0.25) is 0 Å². The molecule has 0 radical (unpaired) electrons. The Morgan fingerprint density at radius 2 is 1.84 bits per heavy atom. The van der Waals surface area contributed by atoms with Gasteiger partial charge in [0.25, 0.3) is 0 Å². The van der Waals surface area contributed by atoms with Crippen LogP contribution in [0.25, 0.3) is 0 Å². The van der Waals surface area contributed by atoms with Gasteiger partial charge >= 0.3 is 0 Å². The van der Waals surface area contributed by atoms with E-state index in [1.807, 2.05) is 12.1 Å². The molecule has 1 unspecified atom stereocenters. The number of benzene rings is 1. The van der Waals surface area contributed by atoms with Crippen LogP contribution in [0.15, 0.2) is 24.3 Å². The van der Waals surface area contributed by atoms with Crippen molar-refractivity contribution in [1.82, 2.24) is 5.32 Å². The Hall–Kier alpha value is -0.530. The van der Waals surface area contributed by atoms with Gasteiger partial charge in [-0.25, -0.2) is 0 Å². The third-order valence-corrected chi connectivity index (χ3v) is 4.69. The van der Waals surface area contributed by atoms with E-state index in [0.717, 1.165) is 11.6 Å². The second-order valence-corrected chi connectivity index (χ2v) is 6.73. The molecule has 0 bridgehead atoms. The highest BCUT2D eigenvalue weighted by molar-refractivity contribution is 6.30. The molecule has 1 nitrogen and oxygen atoms in total. The number of hydrogen-bond acceptors (Lipinski definition) is 1. The van der Waals surface area contributed by atoms with E-state index in [-0.39, 0.29) is 0 Å². The summed E-state index contributed by atoms with van der Waals surface area (Å²) in [7, 11) is 0. The zero-order chi connectivity index (χ0) is 13.7. The van der Waals surface area contributed by atoms with E-state index in [9.17, 15) is 0 Å². The number of hydrogen-bond donors (Lipinski definition) is 1. The highest BCUT2D eigenvalue weighted by Gasteiger charge is 2.29. The molecular weight excluding hydrogens is 254 g/mol. The summed E-state index contributed by atoms with van der Waals surface area (Å²) in [6, 6.07) is 8.79. The Morgan fingerprint density at radius 3 is 2.42 bits per heavy atom. The fraction of sp³-hybridized carbons (Fsp3) is 0.647. The predicted octanol–water partition coefficient (Wildman–Crippen LogP) is 5.35. The topological polar surface area (TPSA) is 12.0 Å². The van der Waals surface area contributed by atoms with E-state index in [2.05, 4.69) is 31.3 Å². The zero-order valence-corrected chi connectivity index (χ0v) is 13.0. The Morgan fingerprint density at radius 1 is 1.21 bits per heavy atom. The standard InChI is InChI=1S/C17H26ClN/c1-3-6-16(14-7-9-15(18)10-8-14)19-13-17(2)11-4-5-12-17/h7-10,16,19H,3-6,11-13H2,1-2H3. The van der Waals surface area contributed by atoms with Crippen molar-refractivity contribution in [3.63, 3.8) is 0 Å². The van der Waals surface area contributed by atoms with Crippen molar-refractivity contribution >= 4 is 11.6 Å². The van der Waals surface area contributed by atoms with Crippen LogP contribution >= 0.6 is 11.6 Å². The van der Waals surface area contributed by atoms with E-state index in [4.69, 9.17) is 11.6 Å². The van der Waals surface area contributed by atoms with Crippen LogP contribution < -0.4 is 5.32 Å². The molecule has 1 saturated carbocycles. The Kier molecular flexibility index (Phi) is 5.29. The van der Waals surface area contributed by atoms with Crippen molar-refractivity contribution in [2.45, 2.75) is 58.4 Å². The normalized spacial score (nSPS) is 19.5. The molecule has 0 amide bonds. The third-order valence-electron chi connectivity index (χ3n) is 4.44. The molecule has 2 rings (SSSR count). The average Bonchev–Trinajstić information content (AvgIpc) is 2.83. The molecule has 1 aliphatic rings. The summed E-state index contributed by atoms with van der Waals surface area (Å²) in [5.74, 6) is 0. The van der Waals surface area contributed by atoms with Crippen LogP contribution in [-0.2, 0) is 0 Å². The van der Waals surface area contributed by atoms with Gasteiger partial charge in [0.2, 0.25) is 0 Å². The molecule has 0 aliphatic heterocycles. The molecule has 0 saturated heterocycles. The van der Waals surface area contributed by atoms with E-state index < -0.39 is 0 Å². The molecule has 1 atom stereocenters. The third kappa shape index (κ3) is 4.22. The van der Waals surface area contributed by atoms with Crippen LogP contribution in [0.3, 0.4) is 0 Å². The van der Waals surface area contributed by atoms with Crippen LogP contribution in [0.4, 0.5) is 0 Å². The molecule has 1 aromatic carbocycles. The lowest BCUT2D eigenvalue weighted by molar-refractivity contribution is 0.293. The van der Waals surface area contributed by atoms with Crippen molar-refractivity contribution in [3.05, 3.63) is 34.9 Å². The lowest BCUT2D eigenvalue weighted by Crippen LogP contribution is -2.32. The predicted molar refractivity (Wildman–Crippen MR) is 83.7 cm³/mol. The van der Waals surface area contributed by atoms with Gasteiger partial charge in [0.05, 0.1) is 0 Å². The number of rotatable bonds is 6. The minimum atomic E-state index is 0.472. The monoisotopic (exact) mass is 279 g/mol. The summed E-state index contributed by atoms with van der Waals surface area (Å²) < 4.78 is 0. The first kappa shape index (κ1) is 14.9. The van der Waals surface area contributed by atoms with E-state index in [0.29, 0.717) is 11.5 Å². The van der Waals surface area contributed by atoms with Crippen molar-refractivity contribution in [1.29, 1.82) is 0 Å². The van der Waals surface area contributed by atoms with Crippen LogP contribution in [0.2, 0.25) is 5.02 Å². The largest absolute Gasteiger partial charge is 0.309 e. The Balaban J connectivity index is 1.97. The maximum Gasteiger partial charge on any atom is 0.0406 e. The van der Waals surface area contributed by atoms with Crippen LogP contribution in [0, 0.1) is 5.41 Å². The fourth-order valence-corrected chi connectivity index (χ4v) is 3.27. The highest BCUT2D eigenvalue weighted by Crippen LogP contribution is 2.37. The number of nitrogens with one attached hydrogen (secondary N) is 1. The van der Waals surface area contributed by atoms with Crippen molar-refractivity contribution in [2.24, 2.45) is 5.41 Å². The first-order chi connectivity index (χ1) is 9.13. The molecule has 0 heterocycles. The smallest absolute Gasteiger partial charge is 0.0406 e. The van der Waals surface area contributed by atoms with Crippen molar-refractivity contribution < 1.29 is 0 Å². The summed E-state index contributed by atoms with van der Waals surface area (Å²) >= 11 is 5.98. The van der Waals surface area contributed by atoms with Crippen LogP contribution in [-0.4, -0.2) is 6.54 Å². The molecule has 1 N–H and O–H groups in total. The van der Waals surface area contributed by atoms with E-state index in [1.165, 1.54) is 44.1 Å². The minimum absolute atomic E-state index is 0.472. The molecule has 1 aliphatic carbocycles. The summed E-state index contributed by atoms with van der Waals surface area (Å²) in [5.41, 5.74) is 1.88. The van der Waals surface area contributed by atoms with Crippen molar-refractivity contribution in [3.8, 4) is 0 Å². The summed E-state index contributed by atoms with van der Waals surface area (Å²) in [6.45, 7) is 5.82. The fourth-order valence-electron chi connectivity index (χ4n) is 3.15. The maximum absolute atomic E-state index is 5.98. The number of halogens is 1. The SMILES string of the molecule is CCCC(NCC1(C)CCCC1)c1ccc(Cl)cc1. The van der Waals surface area contributed by atoms with Gasteiger partial charge in [-0.1, -0.05) is 56.8 Å². The van der Waals surface area contributed by atoms with Gasteiger partial charge in [-0.15, -0.1) is 0 Å². The van der Waals surface area contributed by atoms with Crippen LogP contribution in [0.1, 0.15) is 64.0 Å². The van der Waals surface area contributed by atoms with Gasteiger partial charge in [0.15, 0.2) is 0 Å². The van der Waals surface area contributed by atoms with E-state index in [1.54, 1.807) is 0 Å². The second kappa shape index (κ2) is 6.76. The molecule has 0 spiro atoms. The maximum atomic E-state index is 5.98. The molecule has 1 aromatic rings. The highest BCUT2D eigenvalue weighted by atomic mass is 35.5. The Bertz CT molecular complexity index is 379. The first-order valence-corrected chi connectivity index (χ1v) is 8.00. The second-order valence-electron chi connectivity index (χ2n) is 6.29.